The van der Waals surface area contributed by atoms with Gasteiger partial charge in [-0.1, -0.05) is 19.1 Å². The Balaban J connectivity index is 2.19. The summed E-state index contributed by atoms with van der Waals surface area (Å²) in [5, 5.41) is 3.46. The zero-order valence-corrected chi connectivity index (χ0v) is 11.1. The molecule has 0 spiro atoms. The number of halogens is 2. The number of para-hydroxylation sites is 2. The van der Waals surface area contributed by atoms with Gasteiger partial charge in [-0.15, -0.1) is 0 Å². The molecule has 0 amide bonds. The maximum atomic E-state index is 12.4. The molecule has 2 rings (SSSR count). The summed E-state index contributed by atoms with van der Waals surface area (Å²) in [6.45, 7) is 1.98. The molecule has 3 nitrogen and oxygen atoms in total. The minimum absolute atomic E-state index is 0.259. The van der Waals surface area contributed by atoms with E-state index < -0.39 is 6.61 Å². The van der Waals surface area contributed by atoms with Crippen LogP contribution in [0.4, 0.5) is 14.5 Å². The molecule has 1 atom stereocenters. The van der Waals surface area contributed by atoms with Crippen LogP contribution in [0.25, 0.3) is 0 Å². The lowest BCUT2D eigenvalue weighted by molar-refractivity contribution is -0.0495. The number of nitrogens with zero attached hydrogens (tertiary/aromatic N) is 1. The number of hydrogen-bond donors (Lipinski definition) is 1. The van der Waals surface area contributed by atoms with E-state index in [-0.39, 0.29) is 5.75 Å². The fraction of sp³-hybridized carbons (Fsp3) is 0.571. The molecule has 19 heavy (non-hydrogen) atoms. The third-order valence-electron chi connectivity index (χ3n) is 3.39. The van der Waals surface area contributed by atoms with Crippen molar-refractivity contribution in [3.8, 4) is 5.75 Å². The second-order valence-corrected chi connectivity index (χ2v) is 4.71. The Morgan fingerprint density at radius 1 is 1.42 bits per heavy atom. The lowest BCUT2D eigenvalue weighted by Gasteiger charge is -2.27. The molecule has 0 aliphatic carbocycles. The van der Waals surface area contributed by atoms with E-state index in [2.05, 4.69) is 21.9 Å². The molecular weight excluding hydrogens is 250 g/mol. The fourth-order valence-electron chi connectivity index (χ4n) is 2.40. The zero-order chi connectivity index (χ0) is 13.7. The number of alkyl halides is 2. The van der Waals surface area contributed by atoms with Gasteiger partial charge in [0.15, 0.2) is 0 Å². The highest BCUT2D eigenvalue weighted by Gasteiger charge is 2.20. The number of nitrogens with one attached hydrogen (secondary N) is 1. The minimum atomic E-state index is -2.78. The number of ether oxygens (including phenoxy) is 1. The molecule has 1 unspecified atom stereocenters. The standard InChI is InChI=1S/C14H20F2N2O/c1-2-11-10-18(9-5-8-17-11)12-6-3-4-7-13(12)19-14(15)16/h3-4,6-7,11,14,17H,2,5,8-10H2,1H3. The van der Waals surface area contributed by atoms with Crippen molar-refractivity contribution in [2.75, 3.05) is 24.5 Å². The van der Waals surface area contributed by atoms with Gasteiger partial charge in [-0.2, -0.15) is 8.78 Å². The average molecular weight is 270 g/mol. The third kappa shape index (κ3) is 3.80. The van der Waals surface area contributed by atoms with Crippen LogP contribution in [-0.4, -0.2) is 32.3 Å². The van der Waals surface area contributed by atoms with Crippen LogP contribution in [0, 0.1) is 0 Å². The summed E-state index contributed by atoms with van der Waals surface area (Å²) in [5.74, 6) is 0.259. The van der Waals surface area contributed by atoms with Gasteiger partial charge in [0.05, 0.1) is 5.69 Å². The van der Waals surface area contributed by atoms with E-state index in [1.54, 1.807) is 12.1 Å². The number of anilines is 1. The third-order valence-corrected chi connectivity index (χ3v) is 3.39. The molecule has 1 N–H and O–H groups in total. The molecule has 1 fully saturated rings. The first-order valence-corrected chi connectivity index (χ1v) is 6.73. The van der Waals surface area contributed by atoms with E-state index >= 15 is 0 Å². The molecule has 1 aliphatic rings. The van der Waals surface area contributed by atoms with Crippen LogP contribution in [0.5, 0.6) is 5.75 Å². The van der Waals surface area contributed by atoms with E-state index in [1.807, 2.05) is 12.1 Å². The highest BCUT2D eigenvalue weighted by molar-refractivity contribution is 5.58. The van der Waals surface area contributed by atoms with E-state index in [0.717, 1.165) is 38.2 Å². The van der Waals surface area contributed by atoms with E-state index in [9.17, 15) is 8.78 Å². The quantitative estimate of drug-likeness (QED) is 0.910. The second-order valence-electron chi connectivity index (χ2n) is 4.71. The second kappa shape index (κ2) is 6.70. The van der Waals surface area contributed by atoms with Crippen LogP contribution in [0.1, 0.15) is 19.8 Å². The fourth-order valence-corrected chi connectivity index (χ4v) is 2.40. The summed E-state index contributed by atoms with van der Waals surface area (Å²) in [4.78, 5) is 2.13. The Labute approximate surface area is 112 Å². The predicted molar refractivity (Wildman–Crippen MR) is 72.0 cm³/mol. The Hall–Kier alpha value is -1.36. The topological polar surface area (TPSA) is 24.5 Å². The number of hydrogen-bond acceptors (Lipinski definition) is 3. The lowest BCUT2D eigenvalue weighted by atomic mass is 10.2. The van der Waals surface area contributed by atoms with Gasteiger partial charge in [0, 0.05) is 19.1 Å². The van der Waals surface area contributed by atoms with Gasteiger partial charge in [0.25, 0.3) is 0 Å². The van der Waals surface area contributed by atoms with Gasteiger partial charge in [-0.3, -0.25) is 0 Å². The molecule has 1 aromatic carbocycles. The predicted octanol–water partition coefficient (Wildman–Crippen LogP) is 2.87. The van der Waals surface area contributed by atoms with Crippen molar-refractivity contribution in [1.82, 2.24) is 5.32 Å². The van der Waals surface area contributed by atoms with Crippen LogP contribution >= 0.6 is 0 Å². The van der Waals surface area contributed by atoms with Gasteiger partial charge in [-0.05, 0) is 31.5 Å². The normalized spacial score (nSPS) is 20.4. The molecule has 0 bridgehead atoms. The van der Waals surface area contributed by atoms with Crippen molar-refractivity contribution >= 4 is 5.69 Å². The van der Waals surface area contributed by atoms with Crippen molar-refractivity contribution in [2.45, 2.75) is 32.4 Å². The van der Waals surface area contributed by atoms with Crippen molar-refractivity contribution < 1.29 is 13.5 Å². The highest BCUT2D eigenvalue weighted by Crippen LogP contribution is 2.30. The van der Waals surface area contributed by atoms with Crippen LogP contribution in [-0.2, 0) is 0 Å². The molecule has 5 heteroatoms. The zero-order valence-electron chi connectivity index (χ0n) is 11.1. The Morgan fingerprint density at radius 3 is 2.95 bits per heavy atom. The highest BCUT2D eigenvalue weighted by atomic mass is 19.3. The summed E-state index contributed by atoms with van der Waals surface area (Å²) in [6.07, 6.45) is 2.02. The molecule has 1 saturated heterocycles. The maximum Gasteiger partial charge on any atom is 0.387 e. The summed E-state index contributed by atoms with van der Waals surface area (Å²) >= 11 is 0. The molecule has 0 aromatic heterocycles. The molecule has 1 heterocycles. The SMILES string of the molecule is CCC1CN(c2ccccc2OC(F)F)CCCN1. The van der Waals surface area contributed by atoms with Gasteiger partial charge in [0.2, 0.25) is 0 Å². The average Bonchev–Trinajstić information content (AvgIpc) is 2.64. The Morgan fingerprint density at radius 2 is 2.21 bits per heavy atom. The molecule has 106 valence electrons. The van der Waals surface area contributed by atoms with Crippen molar-refractivity contribution in [3.05, 3.63) is 24.3 Å². The van der Waals surface area contributed by atoms with Crippen LogP contribution in [0.3, 0.4) is 0 Å². The summed E-state index contributed by atoms with van der Waals surface area (Å²) < 4.78 is 29.5. The minimum Gasteiger partial charge on any atom is -0.433 e. The van der Waals surface area contributed by atoms with Gasteiger partial charge in [0.1, 0.15) is 5.75 Å². The first kappa shape index (κ1) is 14.1. The molecule has 1 aliphatic heterocycles. The largest absolute Gasteiger partial charge is 0.433 e. The summed E-state index contributed by atoms with van der Waals surface area (Å²) in [7, 11) is 0. The van der Waals surface area contributed by atoms with E-state index in [0.29, 0.717) is 6.04 Å². The Bertz CT molecular complexity index is 401. The maximum absolute atomic E-state index is 12.4. The van der Waals surface area contributed by atoms with E-state index in [4.69, 9.17) is 0 Å². The number of benzene rings is 1. The van der Waals surface area contributed by atoms with E-state index in [1.165, 1.54) is 0 Å². The molecule has 1 aromatic rings. The first-order valence-electron chi connectivity index (χ1n) is 6.73. The molecule has 0 radical (unpaired) electrons. The summed E-state index contributed by atoms with van der Waals surface area (Å²) in [5.41, 5.74) is 0.755. The van der Waals surface area contributed by atoms with Crippen LogP contribution in [0.15, 0.2) is 24.3 Å². The molecular formula is C14H20F2N2O. The molecule has 0 saturated carbocycles. The monoisotopic (exact) mass is 270 g/mol. The smallest absolute Gasteiger partial charge is 0.387 e. The van der Waals surface area contributed by atoms with Crippen molar-refractivity contribution in [1.29, 1.82) is 0 Å². The van der Waals surface area contributed by atoms with Gasteiger partial charge >= 0.3 is 6.61 Å². The van der Waals surface area contributed by atoms with Crippen molar-refractivity contribution in [3.63, 3.8) is 0 Å². The van der Waals surface area contributed by atoms with Crippen LogP contribution in [0.2, 0.25) is 0 Å². The first-order chi connectivity index (χ1) is 9.20. The van der Waals surface area contributed by atoms with Crippen LogP contribution < -0.4 is 15.0 Å². The van der Waals surface area contributed by atoms with Gasteiger partial charge < -0.3 is 15.0 Å². The van der Waals surface area contributed by atoms with Crippen molar-refractivity contribution in [2.24, 2.45) is 0 Å². The lowest BCUT2D eigenvalue weighted by Crippen LogP contribution is -2.37. The van der Waals surface area contributed by atoms with Gasteiger partial charge in [-0.25, -0.2) is 0 Å². The summed E-state index contributed by atoms with van der Waals surface area (Å²) in [6, 6.07) is 7.40. The number of rotatable bonds is 4. The Kier molecular flexibility index (Phi) is 4.96.